The molecule has 0 saturated heterocycles. The lowest BCUT2D eigenvalue weighted by atomic mass is 9.66. The van der Waals surface area contributed by atoms with Crippen LogP contribution < -0.4 is 0 Å². The van der Waals surface area contributed by atoms with Gasteiger partial charge in [0.1, 0.15) is 0 Å². The minimum absolute atomic E-state index is 0.190. The molecule has 0 heterocycles. The second-order valence-corrected chi connectivity index (χ2v) is 4.99. The standard InChI is InChI=1S/C11H19NO/c1-10(2)4-6-11(8-12,7-5-10)9-13-3/h4-7,9H2,1-3H3. The first-order chi connectivity index (χ1) is 6.04. The van der Waals surface area contributed by atoms with Crippen LogP contribution >= 0.6 is 0 Å². The summed E-state index contributed by atoms with van der Waals surface area (Å²) in [5.74, 6) is 0. The number of rotatable bonds is 2. The maximum absolute atomic E-state index is 9.11. The Morgan fingerprint density at radius 1 is 1.23 bits per heavy atom. The van der Waals surface area contributed by atoms with Gasteiger partial charge in [0.15, 0.2) is 0 Å². The normalized spacial score (nSPS) is 25.1. The number of hydrogen-bond donors (Lipinski definition) is 0. The van der Waals surface area contributed by atoms with Crippen molar-refractivity contribution in [1.82, 2.24) is 0 Å². The Balaban J connectivity index is 2.59. The van der Waals surface area contributed by atoms with Crippen molar-refractivity contribution in [2.24, 2.45) is 10.8 Å². The van der Waals surface area contributed by atoms with Gasteiger partial charge in [-0.25, -0.2) is 0 Å². The summed E-state index contributed by atoms with van der Waals surface area (Å²) >= 11 is 0. The summed E-state index contributed by atoms with van der Waals surface area (Å²) in [5.41, 5.74) is 0.234. The fraction of sp³-hybridized carbons (Fsp3) is 0.909. The molecule has 0 atom stereocenters. The van der Waals surface area contributed by atoms with Gasteiger partial charge in [-0.15, -0.1) is 0 Å². The highest BCUT2D eigenvalue weighted by molar-refractivity contribution is 5.02. The molecule has 2 heteroatoms. The summed E-state index contributed by atoms with van der Waals surface area (Å²) in [6.45, 7) is 5.15. The Bertz CT molecular complexity index is 205. The summed E-state index contributed by atoms with van der Waals surface area (Å²) in [7, 11) is 1.68. The number of methoxy groups -OCH3 is 1. The first-order valence-corrected chi connectivity index (χ1v) is 4.94. The predicted octanol–water partition coefficient (Wildman–Crippen LogP) is 2.74. The average molecular weight is 181 g/mol. The van der Waals surface area contributed by atoms with E-state index in [1.165, 1.54) is 0 Å². The number of nitriles is 1. The topological polar surface area (TPSA) is 33.0 Å². The molecular formula is C11H19NO. The second kappa shape index (κ2) is 3.67. The third-order valence-electron chi connectivity index (χ3n) is 3.22. The number of ether oxygens (including phenoxy) is 1. The minimum Gasteiger partial charge on any atom is -0.383 e. The Morgan fingerprint density at radius 3 is 2.15 bits per heavy atom. The smallest absolute Gasteiger partial charge is 0.0807 e. The lowest BCUT2D eigenvalue weighted by Crippen LogP contribution is -2.33. The van der Waals surface area contributed by atoms with Crippen molar-refractivity contribution in [3.63, 3.8) is 0 Å². The largest absolute Gasteiger partial charge is 0.383 e. The van der Waals surface area contributed by atoms with E-state index in [0.717, 1.165) is 25.7 Å². The van der Waals surface area contributed by atoms with Crippen LogP contribution in [0.1, 0.15) is 39.5 Å². The molecule has 0 aliphatic heterocycles. The quantitative estimate of drug-likeness (QED) is 0.656. The molecule has 1 fully saturated rings. The van der Waals surface area contributed by atoms with E-state index in [0.29, 0.717) is 12.0 Å². The van der Waals surface area contributed by atoms with E-state index >= 15 is 0 Å². The van der Waals surface area contributed by atoms with Crippen LogP contribution in [0.3, 0.4) is 0 Å². The van der Waals surface area contributed by atoms with E-state index in [-0.39, 0.29) is 5.41 Å². The Kier molecular flexibility index (Phi) is 2.98. The van der Waals surface area contributed by atoms with E-state index in [9.17, 15) is 0 Å². The van der Waals surface area contributed by atoms with Crippen molar-refractivity contribution >= 4 is 0 Å². The second-order valence-electron chi connectivity index (χ2n) is 4.99. The summed E-state index contributed by atoms with van der Waals surface area (Å²) in [4.78, 5) is 0. The van der Waals surface area contributed by atoms with Gasteiger partial charge in [-0.05, 0) is 31.1 Å². The molecule has 1 saturated carbocycles. The predicted molar refractivity (Wildman–Crippen MR) is 52.2 cm³/mol. The van der Waals surface area contributed by atoms with Crippen molar-refractivity contribution in [1.29, 1.82) is 5.26 Å². The molecule has 0 N–H and O–H groups in total. The summed E-state index contributed by atoms with van der Waals surface area (Å²) in [6, 6.07) is 2.43. The molecule has 0 aromatic carbocycles. The summed E-state index contributed by atoms with van der Waals surface area (Å²) in [6.07, 6.45) is 4.27. The highest BCUT2D eigenvalue weighted by atomic mass is 16.5. The zero-order valence-corrected chi connectivity index (χ0v) is 8.89. The Morgan fingerprint density at radius 2 is 1.77 bits per heavy atom. The zero-order chi connectivity index (χ0) is 9.95. The molecule has 0 radical (unpaired) electrons. The van der Waals surface area contributed by atoms with E-state index in [4.69, 9.17) is 10.00 Å². The van der Waals surface area contributed by atoms with Crippen molar-refractivity contribution in [3.05, 3.63) is 0 Å². The van der Waals surface area contributed by atoms with E-state index < -0.39 is 0 Å². The molecule has 1 aliphatic rings. The molecule has 1 rings (SSSR count). The van der Waals surface area contributed by atoms with Crippen LogP contribution in [0, 0.1) is 22.2 Å². The molecule has 0 aromatic rings. The zero-order valence-electron chi connectivity index (χ0n) is 8.89. The van der Waals surface area contributed by atoms with Crippen LogP contribution in [0.5, 0.6) is 0 Å². The molecule has 0 aromatic heterocycles. The average Bonchev–Trinajstić information content (AvgIpc) is 2.10. The van der Waals surface area contributed by atoms with Gasteiger partial charge in [0.25, 0.3) is 0 Å². The van der Waals surface area contributed by atoms with Gasteiger partial charge in [0.2, 0.25) is 0 Å². The van der Waals surface area contributed by atoms with Gasteiger partial charge < -0.3 is 4.74 Å². The van der Waals surface area contributed by atoms with Gasteiger partial charge in [-0.1, -0.05) is 13.8 Å². The first-order valence-electron chi connectivity index (χ1n) is 4.94. The van der Waals surface area contributed by atoms with Crippen LogP contribution in [0.15, 0.2) is 0 Å². The minimum atomic E-state index is -0.190. The molecule has 0 bridgehead atoms. The summed E-state index contributed by atoms with van der Waals surface area (Å²) in [5, 5.41) is 9.11. The van der Waals surface area contributed by atoms with Gasteiger partial charge in [-0.2, -0.15) is 5.26 Å². The summed E-state index contributed by atoms with van der Waals surface area (Å²) < 4.78 is 5.12. The van der Waals surface area contributed by atoms with Crippen LogP contribution in [0.25, 0.3) is 0 Å². The third kappa shape index (κ3) is 2.45. The maximum atomic E-state index is 9.11. The maximum Gasteiger partial charge on any atom is 0.0807 e. The molecule has 0 spiro atoms. The van der Waals surface area contributed by atoms with Gasteiger partial charge in [0.05, 0.1) is 18.1 Å². The fourth-order valence-electron chi connectivity index (χ4n) is 1.97. The lowest BCUT2D eigenvalue weighted by Gasteiger charge is -2.38. The van der Waals surface area contributed by atoms with Gasteiger partial charge in [0, 0.05) is 7.11 Å². The van der Waals surface area contributed by atoms with Crippen LogP contribution in [0.2, 0.25) is 0 Å². The van der Waals surface area contributed by atoms with Crippen molar-refractivity contribution in [3.8, 4) is 6.07 Å². The van der Waals surface area contributed by atoms with Crippen LogP contribution in [-0.2, 0) is 4.74 Å². The van der Waals surface area contributed by atoms with Gasteiger partial charge >= 0.3 is 0 Å². The first kappa shape index (κ1) is 10.5. The molecule has 0 amide bonds. The number of nitrogens with zero attached hydrogens (tertiary/aromatic N) is 1. The van der Waals surface area contributed by atoms with Crippen molar-refractivity contribution in [2.45, 2.75) is 39.5 Å². The lowest BCUT2D eigenvalue weighted by molar-refractivity contribution is 0.0560. The highest BCUT2D eigenvalue weighted by Crippen LogP contribution is 2.44. The van der Waals surface area contributed by atoms with E-state index in [1.807, 2.05) is 0 Å². The molecule has 13 heavy (non-hydrogen) atoms. The Hall–Kier alpha value is -0.550. The SMILES string of the molecule is COCC1(C#N)CCC(C)(C)CC1. The van der Waals surface area contributed by atoms with Crippen LogP contribution in [-0.4, -0.2) is 13.7 Å². The van der Waals surface area contributed by atoms with Gasteiger partial charge in [-0.3, -0.25) is 0 Å². The van der Waals surface area contributed by atoms with Crippen molar-refractivity contribution in [2.75, 3.05) is 13.7 Å². The highest BCUT2D eigenvalue weighted by Gasteiger charge is 2.38. The Labute approximate surface area is 80.9 Å². The molecular weight excluding hydrogens is 162 g/mol. The van der Waals surface area contributed by atoms with E-state index in [2.05, 4.69) is 19.9 Å². The molecule has 0 unspecified atom stereocenters. The third-order valence-corrected chi connectivity index (χ3v) is 3.22. The molecule has 1 aliphatic carbocycles. The fourth-order valence-corrected chi connectivity index (χ4v) is 1.97. The molecule has 74 valence electrons. The number of hydrogen-bond acceptors (Lipinski definition) is 2. The van der Waals surface area contributed by atoms with E-state index in [1.54, 1.807) is 7.11 Å². The van der Waals surface area contributed by atoms with Crippen LogP contribution in [0.4, 0.5) is 0 Å². The van der Waals surface area contributed by atoms with Crippen molar-refractivity contribution < 1.29 is 4.74 Å². The molecule has 2 nitrogen and oxygen atoms in total. The monoisotopic (exact) mass is 181 g/mol.